The molecule has 2 heteroatoms. The van der Waals surface area contributed by atoms with E-state index in [4.69, 9.17) is 0 Å². The molecule has 1 N–H and O–H groups in total. The van der Waals surface area contributed by atoms with Crippen molar-refractivity contribution in [3.63, 3.8) is 0 Å². The minimum Gasteiger partial charge on any atom is -0.371 e. The molecule has 2 nitrogen and oxygen atoms in total. The Hall–Kier alpha value is -1.02. The second-order valence-electron chi connectivity index (χ2n) is 4.74. The van der Waals surface area contributed by atoms with Crippen molar-refractivity contribution in [3.05, 3.63) is 29.8 Å². The molecule has 0 saturated heterocycles. The third-order valence-electron chi connectivity index (χ3n) is 3.26. The maximum atomic E-state index is 3.42. The quantitative estimate of drug-likeness (QED) is 0.816. The number of hydrogen-bond donors (Lipinski definition) is 1. The molecule has 0 amide bonds. The van der Waals surface area contributed by atoms with Crippen LogP contribution in [-0.4, -0.2) is 26.2 Å². The lowest BCUT2D eigenvalue weighted by atomic mass is 10.1. The SMILES string of the molecule is CCNCC(C)CN1CCc2ccccc21. The number of anilines is 1. The van der Waals surface area contributed by atoms with E-state index in [0.717, 1.165) is 13.1 Å². The van der Waals surface area contributed by atoms with Crippen molar-refractivity contribution >= 4 is 5.69 Å². The van der Waals surface area contributed by atoms with E-state index in [0.29, 0.717) is 5.92 Å². The van der Waals surface area contributed by atoms with Crippen molar-refractivity contribution in [2.24, 2.45) is 5.92 Å². The van der Waals surface area contributed by atoms with Crippen LogP contribution >= 0.6 is 0 Å². The van der Waals surface area contributed by atoms with E-state index in [9.17, 15) is 0 Å². The monoisotopic (exact) mass is 218 g/mol. The molecule has 0 aromatic heterocycles. The van der Waals surface area contributed by atoms with Gasteiger partial charge in [-0.05, 0) is 37.1 Å². The Bertz CT molecular complexity index is 335. The summed E-state index contributed by atoms with van der Waals surface area (Å²) in [6.45, 7) is 9.04. The smallest absolute Gasteiger partial charge is 0.0399 e. The Morgan fingerprint density at radius 3 is 3.00 bits per heavy atom. The molecule has 0 bridgehead atoms. The molecule has 0 aliphatic carbocycles. The number of benzene rings is 1. The molecular weight excluding hydrogens is 196 g/mol. The Balaban J connectivity index is 1.92. The zero-order valence-electron chi connectivity index (χ0n) is 10.4. The molecular formula is C14H22N2. The lowest BCUT2D eigenvalue weighted by Crippen LogP contribution is -2.32. The van der Waals surface area contributed by atoms with Crippen molar-refractivity contribution in [3.8, 4) is 0 Å². The van der Waals surface area contributed by atoms with Crippen LogP contribution in [0.4, 0.5) is 5.69 Å². The van der Waals surface area contributed by atoms with Crippen LogP contribution in [0.5, 0.6) is 0 Å². The van der Waals surface area contributed by atoms with Gasteiger partial charge in [0.1, 0.15) is 0 Å². The second-order valence-corrected chi connectivity index (χ2v) is 4.74. The third-order valence-corrected chi connectivity index (χ3v) is 3.26. The normalized spacial score (nSPS) is 16.2. The van der Waals surface area contributed by atoms with Gasteiger partial charge in [-0.15, -0.1) is 0 Å². The summed E-state index contributed by atoms with van der Waals surface area (Å²) in [5.41, 5.74) is 2.96. The summed E-state index contributed by atoms with van der Waals surface area (Å²) >= 11 is 0. The van der Waals surface area contributed by atoms with Crippen LogP contribution in [0.15, 0.2) is 24.3 Å². The number of fused-ring (bicyclic) bond motifs is 1. The Labute approximate surface area is 98.7 Å². The molecule has 16 heavy (non-hydrogen) atoms. The van der Waals surface area contributed by atoms with Gasteiger partial charge in [-0.3, -0.25) is 0 Å². The van der Waals surface area contributed by atoms with Crippen molar-refractivity contribution < 1.29 is 0 Å². The number of hydrogen-bond acceptors (Lipinski definition) is 2. The first-order valence-electron chi connectivity index (χ1n) is 6.35. The predicted molar refractivity (Wildman–Crippen MR) is 70.1 cm³/mol. The fourth-order valence-corrected chi connectivity index (χ4v) is 2.43. The Morgan fingerprint density at radius 2 is 2.19 bits per heavy atom. The number of nitrogens with one attached hydrogen (secondary N) is 1. The Kier molecular flexibility index (Phi) is 3.83. The summed E-state index contributed by atoms with van der Waals surface area (Å²) in [4.78, 5) is 2.53. The maximum Gasteiger partial charge on any atom is 0.0399 e. The van der Waals surface area contributed by atoms with Crippen LogP contribution in [-0.2, 0) is 6.42 Å². The molecule has 1 aromatic rings. The van der Waals surface area contributed by atoms with E-state index in [-0.39, 0.29) is 0 Å². The zero-order chi connectivity index (χ0) is 11.4. The van der Waals surface area contributed by atoms with Crippen molar-refractivity contribution in [2.75, 3.05) is 31.1 Å². The average molecular weight is 218 g/mol. The first-order valence-corrected chi connectivity index (χ1v) is 6.35. The number of rotatable bonds is 5. The van der Waals surface area contributed by atoms with Crippen molar-refractivity contribution in [1.29, 1.82) is 0 Å². The summed E-state index contributed by atoms with van der Waals surface area (Å²) in [5, 5.41) is 3.42. The van der Waals surface area contributed by atoms with Gasteiger partial charge in [-0.25, -0.2) is 0 Å². The number of nitrogens with zero attached hydrogens (tertiary/aromatic N) is 1. The molecule has 0 spiro atoms. The largest absolute Gasteiger partial charge is 0.371 e. The van der Waals surface area contributed by atoms with E-state index >= 15 is 0 Å². The highest BCUT2D eigenvalue weighted by Gasteiger charge is 2.19. The Morgan fingerprint density at radius 1 is 1.38 bits per heavy atom. The summed E-state index contributed by atoms with van der Waals surface area (Å²) in [5.74, 6) is 0.714. The lowest BCUT2D eigenvalue weighted by molar-refractivity contribution is 0.517. The fourth-order valence-electron chi connectivity index (χ4n) is 2.43. The molecule has 88 valence electrons. The molecule has 0 saturated carbocycles. The van der Waals surface area contributed by atoms with Gasteiger partial charge in [0.2, 0.25) is 0 Å². The van der Waals surface area contributed by atoms with Gasteiger partial charge in [0.05, 0.1) is 0 Å². The minimum absolute atomic E-state index is 0.714. The molecule has 2 rings (SSSR count). The van der Waals surface area contributed by atoms with Gasteiger partial charge in [-0.1, -0.05) is 32.0 Å². The molecule has 0 radical (unpaired) electrons. The van der Waals surface area contributed by atoms with E-state index in [1.54, 1.807) is 0 Å². The maximum absolute atomic E-state index is 3.42. The van der Waals surface area contributed by atoms with E-state index < -0.39 is 0 Å². The van der Waals surface area contributed by atoms with Gasteiger partial charge in [0.25, 0.3) is 0 Å². The van der Waals surface area contributed by atoms with Gasteiger partial charge in [0.15, 0.2) is 0 Å². The predicted octanol–water partition coefficient (Wildman–Crippen LogP) is 2.29. The highest BCUT2D eigenvalue weighted by atomic mass is 15.1. The van der Waals surface area contributed by atoms with Gasteiger partial charge in [0, 0.05) is 18.8 Å². The van der Waals surface area contributed by atoms with Crippen LogP contribution in [0.25, 0.3) is 0 Å². The summed E-state index contributed by atoms with van der Waals surface area (Å²) in [6.07, 6.45) is 1.21. The summed E-state index contributed by atoms with van der Waals surface area (Å²) < 4.78 is 0. The van der Waals surface area contributed by atoms with Crippen molar-refractivity contribution in [1.82, 2.24) is 5.32 Å². The first-order chi connectivity index (χ1) is 7.81. The van der Waals surface area contributed by atoms with Gasteiger partial charge >= 0.3 is 0 Å². The van der Waals surface area contributed by atoms with Crippen LogP contribution in [0, 0.1) is 5.92 Å². The van der Waals surface area contributed by atoms with Crippen molar-refractivity contribution in [2.45, 2.75) is 20.3 Å². The fraction of sp³-hybridized carbons (Fsp3) is 0.571. The van der Waals surface area contributed by atoms with Gasteiger partial charge in [-0.2, -0.15) is 0 Å². The van der Waals surface area contributed by atoms with Crippen LogP contribution in [0.2, 0.25) is 0 Å². The van der Waals surface area contributed by atoms with E-state index in [1.807, 2.05) is 0 Å². The highest BCUT2D eigenvalue weighted by molar-refractivity contribution is 5.57. The molecule has 1 heterocycles. The average Bonchev–Trinajstić information content (AvgIpc) is 2.70. The molecule has 1 aliphatic rings. The minimum atomic E-state index is 0.714. The summed E-state index contributed by atoms with van der Waals surface area (Å²) in [7, 11) is 0. The molecule has 1 atom stereocenters. The lowest BCUT2D eigenvalue weighted by Gasteiger charge is -2.23. The second kappa shape index (κ2) is 5.35. The van der Waals surface area contributed by atoms with Crippen LogP contribution < -0.4 is 10.2 Å². The molecule has 1 aromatic carbocycles. The zero-order valence-corrected chi connectivity index (χ0v) is 10.4. The van der Waals surface area contributed by atoms with Crippen LogP contribution in [0.3, 0.4) is 0 Å². The molecule has 1 unspecified atom stereocenters. The van der Waals surface area contributed by atoms with Crippen LogP contribution in [0.1, 0.15) is 19.4 Å². The highest BCUT2D eigenvalue weighted by Crippen LogP contribution is 2.27. The molecule has 0 fully saturated rings. The third kappa shape index (κ3) is 2.56. The first kappa shape index (κ1) is 11.5. The van der Waals surface area contributed by atoms with E-state index in [1.165, 1.54) is 30.8 Å². The molecule has 1 aliphatic heterocycles. The van der Waals surface area contributed by atoms with Gasteiger partial charge < -0.3 is 10.2 Å². The standard InChI is InChI=1S/C14H22N2/c1-3-15-10-12(2)11-16-9-8-13-6-4-5-7-14(13)16/h4-7,12,15H,3,8-11H2,1-2H3. The number of para-hydroxylation sites is 1. The van der Waals surface area contributed by atoms with E-state index in [2.05, 4.69) is 48.3 Å². The summed E-state index contributed by atoms with van der Waals surface area (Å²) in [6, 6.07) is 8.79. The topological polar surface area (TPSA) is 15.3 Å².